The van der Waals surface area contributed by atoms with Gasteiger partial charge in [0.15, 0.2) is 4.67 Å². The predicted molar refractivity (Wildman–Crippen MR) is 79.3 cm³/mol. The van der Waals surface area contributed by atoms with Crippen LogP contribution in [0.4, 0.5) is 5.69 Å². The molecule has 0 aliphatic heterocycles. The first kappa shape index (κ1) is 15.4. The molecular formula is C12H11BrClNO4S. The molecule has 1 aromatic heterocycles. The maximum atomic E-state index is 12.3. The number of aliphatic hydroxyl groups is 1. The van der Waals surface area contributed by atoms with Crippen LogP contribution in [0, 0.1) is 6.92 Å². The van der Waals surface area contributed by atoms with E-state index in [4.69, 9.17) is 21.1 Å². The van der Waals surface area contributed by atoms with Gasteiger partial charge in [-0.1, -0.05) is 23.7 Å². The number of aryl methyl sites for hydroxylation is 1. The van der Waals surface area contributed by atoms with E-state index in [1.165, 1.54) is 6.07 Å². The van der Waals surface area contributed by atoms with Gasteiger partial charge in [-0.15, -0.1) is 0 Å². The van der Waals surface area contributed by atoms with E-state index in [1.54, 1.807) is 25.1 Å². The minimum Gasteiger partial charge on any atom is -0.450 e. The second kappa shape index (κ2) is 5.77. The summed E-state index contributed by atoms with van der Waals surface area (Å²) in [6, 6.07) is 6.31. The van der Waals surface area contributed by atoms with E-state index < -0.39 is 10.0 Å². The van der Waals surface area contributed by atoms with Gasteiger partial charge in [0, 0.05) is 6.07 Å². The van der Waals surface area contributed by atoms with Crippen LogP contribution in [-0.2, 0) is 16.6 Å². The van der Waals surface area contributed by atoms with Crippen molar-refractivity contribution in [3.8, 4) is 0 Å². The average Bonchev–Trinajstić information content (AvgIpc) is 2.76. The zero-order chi connectivity index (χ0) is 14.9. The van der Waals surface area contributed by atoms with Crippen molar-refractivity contribution >= 4 is 43.2 Å². The third kappa shape index (κ3) is 3.01. The van der Waals surface area contributed by atoms with E-state index in [0.29, 0.717) is 16.3 Å². The third-order valence-electron chi connectivity index (χ3n) is 2.61. The molecule has 0 saturated carbocycles. The summed E-state index contributed by atoms with van der Waals surface area (Å²) < 4.78 is 32.1. The van der Waals surface area contributed by atoms with Gasteiger partial charge in [0.2, 0.25) is 0 Å². The molecule has 0 atom stereocenters. The average molecular weight is 381 g/mol. The quantitative estimate of drug-likeness (QED) is 0.853. The van der Waals surface area contributed by atoms with E-state index in [9.17, 15) is 8.42 Å². The van der Waals surface area contributed by atoms with Crippen molar-refractivity contribution in [1.29, 1.82) is 0 Å². The fourth-order valence-electron chi connectivity index (χ4n) is 1.61. The summed E-state index contributed by atoms with van der Waals surface area (Å²) >= 11 is 9.01. The Bertz CT molecular complexity index is 722. The van der Waals surface area contributed by atoms with Gasteiger partial charge in [0.25, 0.3) is 10.0 Å². The Labute approximate surface area is 129 Å². The first-order valence-electron chi connectivity index (χ1n) is 5.52. The summed E-state index contributed by atoms with van der Waals surface area (Å²) in [7, 11) is -3.86. The number of hydrogen-bond donors (Lipinski definition) is 2. The number of halogens is 2. The predicted octanol–water partition coefficient (Wildman–Crippen LogP) is 3.30. The number of aliphatic hydroxyl groups excluding tert-OH is 1. The van der Waals surface area contributed by atoms with Crippen LogP contribution in [0.5, 0.6) is 0 Å². The molecule has 0 spiro atoms. The Morgan fingerprint density at radius 2 is 2.15 bits per heavy atom. The number of sulfonamides is 1. The summed E-state index contributed by atoms with van der Waals surface area (Å²) in [4.78, 5) is -0.0964. The molecule has 0 aliphatic rings. The van der Waals surface area contributed by atoms with E-state index in [-0.39, 0.29) is 21.9 Å². The van der Waals surface area contributed by atoms with E-state index >= 15 is 0 Å². The van der Waals surface area contributed by atoms with E-state index in [0.717, 1.165) is 0 Å². The topological polar surface area (TPSA) is 79.5 Å². The zero-order valence-electron chi connectivity index (χ0n) is 10.4. The lowest BCUT2D eigenvalue weighted by atomic mass is 10.2. The van der Waals surface area contributed by atoms with Crippen molar-refractivity contribution in [2.75, 3.05) is 4.72 Å². The standard InChI is InChI=1S/C12H11BrClNO4S/c1-7-3-2-4-9(14)11(7)15-20(17,18)10-5-8(6-16)19-12(10)13/h2-5,15-16H,6H2,1H3. The van der Waals surface area contributed by atoms with Crippen LogP contribution in [0.1, 0.15) is 11.3 Å². The summed E-state index contributed by atoms with van der Waals surface area (Å²) in [6.45, 7) is 1.35. The molecule has 2 rings (SSSR count). The van der Waals surface area contributed by atoms with Gasteiger partial charge < -0.3 is 9.52 Å². The Morgan fingerprint density at radius 3 is 2.70 bits per heavy atom. The highest BCUT2D eigenvalue weighted by Crippen LogP contribution is 2.31. The van der Waals surface area contributed by atoms with Crippen LogP contribution in [0.3, 0.4) is 0 Å². The van der Waals surface area contributed by atoms with E-state index in [1.807, 2.05) is 0 Å². The molecule has 108 valence electrons. The van der Waals surface area contributed by atoms with Crippen LogP contribution >= 0.6 is 27.5 Å². The van der Waals surface area contributed by atoms with Gasteiger partial charge in [-0.05, 0) is 34.5 Å². The molecule has 2 N–H and O–H groups in total. The molecule has 0 saturated heterocycles. The molecule has 0 radical (unpaired) electrons. The Balaban J connectivity index is 2.43. The first-order valence-corrected chi connectivity index (χ1v) is 8.17. The lowest BCUT2D eigenvalue weighted by Crippen LogP contribution is -2.14. The van der Waals surface area contributed by atoms with Crippen molar-refractivity contribution in [2.45, 2.75) is 18.4 Å². The molecule has 1 aromatic carbocycles. The van der Waals surface area contributed by atoms with Gasteiger partial charge in [0.1, 0.15) is 17.3 Å². The minimum absolute atomic E-state index is 0.0266. The van der Waals surface area contributed by atoms with Gasteiger partial charge in [-0.2, -0.15) is 0 Å². The van der Waals surface area contributed by atoms with Gasteiger partial charge in [-0.3, -0.25) is 4.72 Å². The molecule has 20 heavy (non-hydrogen) atoms. The molecule has 0 aliphatic carbocycles. The highest BCUT2D eigenvalue weighted by molar-refractivity contribution is 9.10. The second-order valence-electron chi connectivity index (χ2n) is 4.05. The third-order valence-corrected chi connectivity index (χ3v) is 5.13. The molecule has 5 nitrogen and oxygen atoms in total. The number of anilines is 1. The number of benzene rings is 1. The lowest BCUT2D eigenvalue weighted by Gasteiger charge is -2.11. The highest BCUT2D eigenvalue weighted by atomic mass is 79.9. The molecular weight excluding hydrogens is 370 g/mol. The molecule has 1 heterocycles. The largest absolute Gasteiger partial charge is 0.450 e. The van der Waals surface area contributed by atoms with Gasteiger partial charge in [0.05, 0.1) is 10.7 Å². The fourth-order valence-corrected chi connectivity index (χ4v) is 4.09. The van der Waals surface area contributed by atoms with Crippen LogP contribution in [-0.4, -0.2) is 13.5 Å². The zero-order valence-corrected chi connectivity index (χ0v) is 13.5. The molecule has 0 bridgehead atoms. The van der Waals surface area contributed by atoms with E-state index in [2.05, 4.69) is 20.7 Å². The van der Waals surface area contributed by atoms with Crippen LogP contribution in [0.2, 0.25) is 5.02 Å². The second-order valence-corrected chi connectivity index (χ2v) is 6.82. The van der Waals surface area contributed by atoms with Crippen molar-refractivity contribution in [3.63, 3.8) is 0 Å². The Morgan fingerprint density at radius 1 is 1.45 bits per heavy atom. The smallest absolute Gasteiger partial charge is 0.266 e. The number of para-hydroxylation sites is 1. The van der Waals surface area contributed by atoms with Crippen molar-refractivity contribution < 1.29 is 17.9 Å². The monoisotopic (exact) mass is 379 g/mol. The minimum atomic E-state index is -3.86. The maximum Gasteiger partial charge on any atom is 0.266 e. The highest BCUT2D eigenvalue weighted by Gasteiger charge is 2.23. The summed E-state index contributed by atoms with van der Waals surface area (Å²) in [6.07, 6.45) is 0. The number of hydrogen-bond acceptors (Lipinski definition) is 4. The molecule has 0 fully saturated rings. The fraction of sp³-hybridized carbons (Fsp3) is 0.167. The number of nitrogens with one attached hydrogen (secondary N) is 1. The molecule has 8 heteroatoms. The molecule has 2 aromatic rings. The first-order chi connectivity index (χ1) is 9.35. The summed E-state index contributed by atoms with van der Waals surface area (Å²) in [5, 5.41) is 9.27. The number of furan rings is 1. The van der Waals surface area contributed by atoms with Gasteiger partial charge >= 0.3 is 0 Å². The number of rotatable bonds is 4. The Kier molecular flexibility index (Phi) is 4.43. The van der Waals surface area contributed by atoms with Crippen molar-refractivity contribution in [3.05, 3.63) is 45.3 Å². The molecule has 0 amide bonds. The van der Waals surface area contributed by atoms with Crippen LogP contribution in [0.25, 0.3) is 0 Å². The van der Waals surface area contributed by atoms with Crippen molar-refractivity contribution in [1.82, 2.24) is 0 Å². The van der Waals surface area contributed by atoms with Crippen LogP contribution < -0.4 is 4.72 Å². The Hall–Kier alpha value is -1.02. The maximum absolute atomic E-state index is 12.3. The van der Waals surface area contributed by atoms with Crippen molar-refractivity contribution in [2.24, 2.45) is 0 Å². The lowest BCUT2D eigenvalue weighted by molar-refractivity contribution is 0.245. The molecule has 0 unspecified atom stereocenters. The summed E-state index contributed by atoms with van der Waals surface area (Å²) in [5.41, 5.74) is 1.01. The summed E-state index contributed by atoms with van der Waals surface area (Å²) in [5.74, 6) is 0.146. The van der Waals surface area contributed by atoms with Gasteiger partial charge in [-0.25, -0.2) is 8.42 Å². The normalized spacial score (nSPS) is 11.6. The SMILES string of the molecule is Cc1cccc(Cl)c1NS(=O)(=O)c1cc(CO)oc1Br. The van der Waals surface area contributed by atoms with Crippen LogP contribution in [0.15, 0.2) is 38.2 Å².